The summed E-state index contributed by atoms with van der Waals surface area (Å²) >= 11 is 1.29. The quantitative estimate of drug-likeness (QED) is 0.335. The van der Waals surface area contributed by atoms with Crippen LogP contribution in [0.25, 0.3) is 0 Å². The fourth-order valence-corrected chi connectivity index (χ4v) is 7.20. The first-order valence-corrected chi connectivity index (χ1v) is 16.6. The summed E-state index contributed by atoms with van der Waals surface area (Å²) in [6, 6.07) is 5.82. The minimum absolute atomic E-state index is 0.115. The molecule has 12 heteroatoms. The number of carbonyl (C=O) groups excluding carboxylic acids is 3. The summed E-state index contributed by atoms with van der Waals surface area (Å²) in [4.78, 5) is 43.9. The molecule has 0 radical (unpaired) electrons. The monoisotopic (exact) mass is 606 g/mol. The lowest BCUT2D eigenvalue weighted by Crippen LogP contribution is -2.37. The molecule has 3 rings (SSSR count). The van der Waals surface area contributed by atoms with Gasteiger partial charge in [-0.15, -0.1) is 11.3 Å². The number of rotatable bonds is 13. The molecule has 0 bridgehead atoms. The second kappa shape index (κ2) is 14.8. The molecule has 0 aliphatic carbocycles. The van der Waals surface area contributed by atoms with Crippen LogP contribution < -0.4 is 5.32 Å². The largest absolute Gasteiger partial charge is 0.450 e. The second-order valence-corrected chi connectivity index (χ2v) is 13.2. The minimum Gasteiger partial charge on any atom is -0.450 e. The van der Waals surface area contributed by atoms with Gasteiger partial charge in [0.1, 0.15) is 5.00 Å². The summed E-state index contributed by atoms with van der Waals surface area (Å²) in [5.74, 6) is -0.580. The van der Waals surface area contributed by atoms with Crippen molar-refractivity contribution < 1.29 is 27.5 Å². The van der Waals surface area contributed by atoms with E-state index in [1.807, 2.05) is 25.7 Å². The predicted molar refractivity (Wildman–Crippen MR) is 161 cm³/mol. The van der Waals surface area contributed by atoms with Crippen molar-refractivity contribution in [3.05, 3.63) is 45.8 Å². The zero-order chi connectivity index (χ0) is 30.2. The molecule has 1 aromatic heterocycles. The van der Waals surface area contributed by atoms with E-state index in [2.05, 4.69) is 5.32 Å². The van der Waals surface area contributed by atoms with Crippen molar-refractivity contribution in [2.45, 2.75) is 71.2 Å². The van der Waals surface area contributed by atoms with Crippen LogP contribution in [0.1, 0.15) is 84.5 Å². The van der Waals surface area contributed by atoms with Crippen LogP contribution >= 0.6 is 11.3 Å². The molecule has 0 fully saturated rings. The van der Waals surface area contributed by atoms with Gasteiger partial charge in [0.05, 0.1) is 23.6 Å². The van der Waals surface area contributed by atoms with Gasteiger partial charge in [-0.1, -0.05) is 27.2 Å². The SMILES string of the molecule is CCCCN(C)S(=O)(=O)c1ccc(C(=O)Nc2sc3c(c2C(=O)N(CCC)CCC)CCN(C(=O)OCC)C3)cc1. The normalized spacial score (nSPS) is 13.2. The number of benzene rings is 1. The Labute approximate surface area is 247 Å². The zero-order valence-electron chi connectivity index (χ0n) is 24.7. The summed E-state index contributed by atoms with van der Waals surface area (Å²) in [5, 5.41) is 3.35. The van der Waals surface area contributed by atoms with E-state index in [4.69, 9.17) is 4.74 Å². The summed E-state index contributed by atoms with van der Waals surface area (Å²) < 4.78 is 32.2. The molecule has 2 heterocycles. The van der Waals surface area contributed by atoms with Crippen molar-refractivity contribution in [3.8, 4) is 0 Å². The van der Waals surface area contributed by atoms with Crippen LogP contribution in [0.15, 0.2) is 29.2 Å². The lowest BCUT2D eigenvalue weighted by Gasteiger charge is -2.27. The molecule has 226 valence electrons. The molecular weight excluding hydrogens is 564 g/mol. The Morgan fingerprint density at radius 1 is 1.00 bits per heavy atom. The molecule has 0 saturated heterocycles. The average molecular weight is 607 g/mol. The average Bonchev–Trinajstić information content (AvgIpc) is 3.32. The molecule has 1 aliphatic heterocycles. The maximum atomic E-state index is 13.8. The van der Waals surface area contributed by atoms with E-state index in [1.54, 1.807) is 18.9 Å². The van der Waals surface area contributed by atoms with Crippen LogP contribution in [0.3, 0.4) is 0 Å². The fraction of sp³-hybridized carbons (Fsp3) is 0.552. The lowest BCUT2D eigenvalue weighted by molar-refractivity contribution is 0.0755. The Kier molecular flexibility index (Phi) is 11.7. The van der Waals surface area contributed by atoms with Crippen LogP contribution in [0.4, 0.5) is 9.80 Å². The van der Waals surface area contributed by atoms with Gasteiger partial charge >= 0.3 is 6.09 Å². The van der Waals surface area contributed by atoms with Crippen LogP contribution in [-0.2, 0) is 27.7 Å². The number of thiophene rings is 1. The first-order chi connectivity index (χ1) is 19.6. The molecule has 10 nitrogen and oxygen atoms in total. The maximum absolute atomic E-state index is 13.8. The molecule has 0 saturated carbocycles. The van der Waals surface area contributed by atoms with Gasteiger partial charge in [0.25, 0.3) is 11.8 Å². The standard InChI is InChI=1S/C29H42N4O6S2/c1-6-10-18-31(5)41(37,38)22-13-11-21(12-14-22)26(34)30-27-25(28(35)32(16-7-2)17-8-3)23-15-19-33(20-24(23)40-27)29(36)39-9-4/h11-14H,6-10,15-20H2,1-5H3,(H,30,34). The highest BCUT2D eigenvalue weighted by Crippen LogP contribution is 2.38. The van der Waals surface area contributed by atoms with Crippen molar-refractivity contribution in [3.63, 3.8) is 0 Å². The maximum Gasteiger partial charge on any atom is 0.410 e. The number of hydrogen-bond acceptors (Lipinski definition) is 7. The topological polar surface area (TPSA) is 116 Å². The van der Waals surface area contributed by atoms with Gasteiger partial charge in [-0.2, -0.15) is 0 Å². The van der Waals surface area contributed by atoms with E-state index in [-0.39, 0.29) is 23.0 Å². The van der Waals surface area contributed by atoms with Crippen LogP contribution in [-0.4, -0.2) is 80.3 Å². The van der Waals surface area contributed by atoms with Gasteiger partial charge in [-0.3, -0.25) is 9.59 Å². The molecule has 41 heavy (non-hydrogen) atoms. The summed E-state index contributed by atoms with van der Waals surface area (Å²) in [6.45, 7) is 10.4. The molecule has 0 unspecified atom stereocenters. The van der Waals surface area contributed by atoms with Crippen molar-refractivity contribution in [2.75, 3.05) is 45.2 Å². The summed E-state index contributed by atoms with van der Waals surface area (Å²) in [7, 11) is -2.11. The van der Waals surface area contributed by atoms with Crippen LogP contribution in [0.5, 0.6) is 0 Å². The van der Waals surface area contributed by atoms with E-state index in [0.717, 1.165) is 36.1 Å². The third-order valence-corrected chi connectivity index (χ3v) is 9.95. The first kappa shape index (κ1) is 32.6. The zero-order valence-corrected chi connectivity index (χ0v) is 26.3. The summed E-state index contributed by atoms with van der Waals surface area (Å²) in [5.41, 5.74) is 1.60. The van der Waals surface area contributed by atoms with Crippen molar-refractivity contribution in [1.29, 1.82) is 0 Å². The highest BCUT2D eigenvalue weighted by molar-refractivity contribution is 7.89. The van der Waals surface area contributed by atoms with E-state index in [0.29, 0.717) is 49.7 Å². The van der Waals surface area contributed by atoms with E-state index in [9.17, 15) is 22.8 Å². The molecule has 1 aliphatic rings. The number of hydrogen-bond donors (Lipinski definition) is 1. The Bertz CT molecular complexity index is 1320. The number of nitrogens with zero attached hydrogens (tertiary/aromatic N) is 3. The molecular formula is C29H42N4O6S2. The summed E-state index contributed by atoms with van der Waals surface area (Å²) in [6.07, 6.45) is 3.32. The Morgan fingerprint density at radius 2 is 1.66 bits per heavy atom. The lowest BCUT2D eigenvalue weighted by atomic mass is 10.0. The third kappa shape index (κ3) is 7.66. The van der Waals surface area contributed by atoms with Crippen molar-refractivity contribution in [1.82, 2.24) is 14.1 Å². The fourth-order valence-electron chi connectivity index (χ4n) is 4.74. The number of nitrogens with one attached hydrogen (secondary N) is 1. The number of unbranched alkanes of at least 4 members (excludes halogenated alkanes) is 1. The molecule has 1 N–H and O–H groups in total. The highest BCUT2D eigenvalue weighted by Gasteiger charge is 2.32. The number of amides is 3. The smallest absolute Gasteiger partial charge is 0.410 e. The van der Waals surface area contributed by atoms with Crippen LogP contribution in [0, 0.1) is 0 Å². The Morgan fingerprint density at radius 3 is 2.24 bits per heavy atom. The number of ether oxygens (including phenoxy) is 1. The van der Waals surface area contributed by atoms with E-state index in [1.165, 1.54) is 39.9 Å². The molecule has 0 atom stereocenters. The van der Waals surface area contributed by atoms with E-state index < -0.39 is 22.0 Å². The van der Waals surface area contributed by atoms with Crippen molar-refractivity contribution in [2.24, 2.45) is 0 Å². The van der Waals surface area contributed by atoms with E-state index >= 15 is 0 Å². The van der Waals surface area contributed by atoms with Gasteiger partial charge in [0.15, 0.2) is 0 Å². The third-order valence-electron chi connectivity index (χ3n) is 6.95. The second-order valence-electron chi connectivity index (χ2n) is 10.0. The van der Waals surface area contributed by atoms with Gasteiger partial charge in [-0.25, -0.2) is 17.5 Å². The number of fused-ring (bicyclic) bond motifs is 1. The number of sulfonamides is 1. The Hall–Kier alpha value is -2.96. The van der Waals surface area contributed by atoms with Gasteiger partial charge in [-0.05, 0) is 62.4 Å². The van der Waals surface area contributed by atoms with Gasteiger partial charge in [0, 0.05) is 43.7 Å². The van der Waals surface area contributed by atoms with Gasteiger partial charge in [0.2, 0.25) is 10.0 Å². The molecule has 0 spiro atoms. The van der Waals surface area contributed by atoms with Gasteiger partial charge < -0.3 is 19.9 Å². The predicted octanol–water partition coefficient (Wildman–Crippen LogP) is 5.20. The highest BCUT2D eigenvalue weighted by atomic mass is 32.2. The first-order valence-electron chi connectivity index (χ1n) is 14.3. The number of anilines is 1. The minimum atomic E-state index is -3.66. The molecule has 1 aromatic carbocycles. The molecule has 2 aromatic rings. The number of carbonyl (C=O) groups is 3. The van der Waals surface area contributed by atoms with Crippen LogP contribution in [0.2, 0.25) is 0 Å². The van der Waals surface area contributed by atoms with Crippen molar-refractivity contribution >= 4 is 44.3 Å². The molecule has 3 amide bonds. The Balaban J connectivity index is 1.91.